The number of aryl methyl sites for hydroxylation is 1. The predicted molar refractivity (Wildman–Crippen MR) is 78.9 cm³/mol. The Balaban J connectivity index is 1.75. The number of hydrogen-bond acceptors (Lipinski definition) is 5. The van der Waals surface area contributed by atoms with Gasteiger partial charge < -0.3 is 14.9 Å². The third-order valence-electron chi connectivity index (χ3n) is 4.45. The lowest BCUT2D eigenvalue weighted by molar-refractivity contribution is 0.153. The fourth-order valence-electron chi connectivity index (χ4n) is 3.07. The number of piperidine rings is 1. The monoisotopic (exact) mass is 281 g/mol. The van der Waals surface area contributed by atoms with Crippen LogP contribution in [0.4, 0.5) is 5.13 Å². The van der Waals surface area contributed by atoms with Crippen LogP contribution in [0.5, 0.6) is 0 Å². The number of thiazole rings is 1. The van der Waals surface area contributed by atoms with Crippen molar-refractivity contribution in [2.45, 2.75) is 44.2 Å². The molecule has 1 aromatic heterocycles. The molecule has 2 aliphatic rings. The summed E-state index contributed by atoms with van der Waals surface area (Å²) in [5.74, 6) is 0. The summed E-state index contributed by atoms with van der Waals surface area (Å²) < 4.78 is 0. The van der Waals surface area contributed by atoms with Crippen LogP contribution in [0.2, 0.25) is 0 Å². The zero-order valence-corrected chi connectivity index (χ0v) is 12.6. The lowest BCUT2D eigenvalue weighted by Crippen LogP contribution is -2.41. The first kappa shape index (κ1) is 13.3. The molecule has 4 nitrogen and oxygen atoms in total. The van der Waals surface area contributed by atoms with Crippen LogP contribution in [0.3, 0.4) is 0 Å². The lowest BCUT2D eigenvalue weighted by atomic mass is 10.0. The van der Waals surface area contributed by atoms with Crippen LogP contribution in [-0.2, 0) is 6.42 Å². The average molecular weight is 281 g/mol. The highest BCUT2D eigenvalue weighted by molar-refractivity contribution is 7.15. The summed E-state index contributed by atoms with van der Waals surface area (Å²) in [6, 6.07) is 0.598. The van der Waals surface area contributed by atoms with Crippen molar-refractivity contribution in [2.75, 3.05) is 32.1 Å². The molecule has 1 N–H and O–H groups in total. The SMILES string of the molecule is CN1CCC(N(C)c2nc3c(s2)CCCC3O)CC1. The first-order chi connectivity index (χ1) is 9.15. The van der Waals surface area contributed by atoms with E-state index in [2.05, 4.69) is 23.9 Å². The van der Waals surface area contributed by atoms with E-state index in [9.17, 15) is 5.11 Å². The fourth-order valence-corrected chi connectivity index (χ4v) is 4.26. The predicted octanol–water partition coefficient (Wildman–Crippen LogP) is 2.04. The zero-order valence-electron chi connectivity index (χ0n) is 11.8. The minimum Gasteiger partial charge on any atom is -0.387 e. The number of fused-ring (bicyclic) bond motifs is 1. The fraction of sp³-hybridized carbons (Fsp3) is 0.786. The third-order valence-corrected chi connectivity index (χ3v) is 5.67. The zero-order chi connectivity index (χ0) is 13.4. The first-order valence-corrected chi connectivity index (χ1v) is 8.06. The number of hydrogen-bond donors (Lipinski definition) is 1. The van der Waals surface area contributed by atoms with Crippen molar-refractivity contribution in [1.29, 1.82) is 0 Å². The molecular weight excluding hydrogens is 258 g/mol. The summed E-state index contributed by atoms with van der Waals surface area (Å²) in [6.07, 6.45) is 5.13. The van der Waals surface area contributed by atoms with Crippen LogP contribution in [-0.4, -0.2) is 48.2 Å². The molecule has 0 saturated carbocycles. The molecule has 0 spiro atoms. The molecule has 1 atom stereocenters. The second kappa shape index (κ2) is 5.38. The summed E-state index contributed by atoms with van der Waals surface area (Å²) in [5, 5.41) is 11.1. The molecule has 0 amide bonds. The van der Waals surface area contributed by atoms with Crippen LogP contribution in [0.15, 0.2) is 0 Å². The molecule has 0 aromatic carbocycles. The third kappa shape index (κ3) is 2.64. The summed E-state index contributed by atoms with van der Waals surface area (Å²) in [4.78, 5) is 10.7. The van der Waals surface area contributed by atoms with E-state index in [-0.39, 0.29) is 6.10 Å². The molecule has 0 bridgehead atoms. The Morgan fingerprint density at radius 3 is 2.74 bits per heavy atom. The molecule has 1 aliphatic carbocycles. The topological polar surface area (TPSA) is 39.6 Å². The van der Waals surface area contributed by atoms with Gasteiger partial charge in [-0.25, -0.2) is 4.98 Å². The quantitative estimate of drug-likeness (QED) is 0.900. The molecule has 106 valence electrons. The Kier molecular flexibility index (Phi) is 3.78. The Bertz CT molecular complexity index is 440. The van der Waals surface area contributed by atoms with Crippen molar-refractivity contribution >= 4 is 16.5 Å². The van der Waals surface area contributed by atoms with E-state index in [1.54, 1.807) is 11.3 Å². The molecule has 0 radical (unpaired) electrons. The van der Waals surface area contributed by atoms with Crippen LogP contribution < -0.4 is 4.90 Å². The van der Waals surface area contributed by atoms with Crippen molar-refractivity contribution in [1.82, 2.24) is 9.88 Å². The van der Waals surface area contributed by atoms with Gasteiger partial charge in [0.25, 0.3) is 0 Å². The van der Waals surface area contributed by atoms with Gasteiger partial charge in [-0.15, -0.1) is 11.3 Å². The van der Waals surface area contributed by atoms with E-state index in [0.717, 1.165) is 30.1 Å². The van der Waals surface area contributed by atoms with E-state index in [1.807, 2.05) is 0 Å². The van der Waals surface area contributed by atoms with Crippen molar-refractivity contribution in [3.63, 3.8) is 0 Å². The van der Waals surface area contributed by atoms with Gasteiger partial charge in [0, 0.05) is 18.0 Å². The first-order valence-electron chi connectivity index (χ1n) is 7.24. The molecule has 5 heteroatoms. The number of aliphatic hydroxyl groups is 1. The van der Waals surface area contributed by atoms with Crippen molar-refractivity contribution in [3.05, 3.63) is 10.6 Å². The van der Waals surface area contributed by atoms with E-state index in [1.165, 1.54) is 30.8 Å². The molecule has 1 aromatic rings. The van der Waals surface area contributed by atoms with Gasteiger partial charge in [0.15, 0.2) is 5.13 Å². The molecule has 19 heavy (non-hydrogen) atoms. The van der Waals surface area contributed by atoms with Gasteiger partial charge in [-0.3, -0.25) is 0 Å². The van der Waals surface area contributed by atoms with Gasteiger partial charge >= 0.3 is 0 Å². The van der Waals surface area contributed by atoms with Gasteiger partial charge in [0.05, 0.1) is 11.8 Å². The molecule has 1 fully saturated rings. The number of anilines is 1. The smallest absolute Gasteiger partial charge is 0.185 e. The minimum atomic E-state index is -0.334. The Morgan fingerprint density at radius 1 is 1.32 bits per heavy atom. The van der Waals surface area contributed by atoms with E-state index < -0.39 is 0 Å². The number of nitrogens with zero attached hydrogens (tertiary/aromatic N) is 3. The Labute approximate surface area is 119 Å². The van der Waals surface area contributed by atoms with Crippen molar-refractivity contribution < 1.29 is 5.11 Å². The maximum absolute atomic E-state index is 10.0. The molecule has 2 heterocycles. The molecule has 1 saturated heterocycles. The van der Waals surface area contributed by atoms with Crippen LogP contribution in [0.25, 0.3) is 0 Å². The maximum atomic E-state index is 10.0. The van der Waals surface area contributed by atoms with Gasteiger partial charge in [-0.05, 0) is 52.2 Å². The van der Waals surface area contributed by atoms with E-state index in [0.29, 0.717) is 6.04 Å². The van der Waals surface area contributed by atoms with Gasteiger partial charge in [0.2, 0.25) is 0 Å². The average Bonchev–Trinajstić information content (AvgIpc) is 2.84. The van der Waals surface area contributed by atoms with Crippen molar-refractivity contribution in [2.24, 2.45) is 0 Å². The second-order valence-electron chi connectivity index (χ2n) is 5.86. The largest absolute Gasteiger partial charge is 0.387 e. The molecule has 3 rings (SSSR count). The number of likely N-dealkylation sites (tertiary alicyclic amines) is 1. The van der Waals surface area contributed by atoms with Crippen LogP contribution in [0.1, 0.15) is 42.4 Å². The molecular formula is C14H23N3OS. The number of aromatic nitrogens is 1. The highest BCUT2D eigenvalue weighted by Crippen LogP contribution is 2.37. The summed E-state index contributed by atoms with van der Waals surface area (Å²) in [7, 11) is 4.35. The van der Waals surface area contributed by atoms with Crippen molar-refractivity contribution in [3.8, 4) is 0 Å². The Hall–Kier alpha value is -0.650. The van der Waals surface area contributed by atoms with Crippen LogP contribution in [0, 0.1) is 0 Å². The number of aliphatic hydroxyl groups excluding tert-OH is 1. The van der Waals surface area contributed by atoms with E-state index >= 15 is 0 Å². The molecule has 1 aliphatic heterocycles. The number of rotatable bonds is 2. The van der Waals surface area contributed by atoms with Gasteiger partial charge in [-0.1, -0.05) is 0 Å². The summed E-state index contributed by atoms with van der Waals surface area (Å²) >= 11 is 1.78. The normalized spacial score (nSPS) is 25.3. The lowest BCUT2D eigenvalue weighted by Gasteiger charge is -2.34. The Morgan fingerprint density at radius 2 is 2.05 bits per heavy atom. The van der Waals surface area contributed by atoms with Crippen LogP contribution >= 0.6 is 11.3 Å². The van der Waals surface area contributed by atoms with E-state index in [4.69, 9.17) is 4.98 Å². The maximum Gasteiger partial charge on any atom is 0.185 e. The summed E-state index contributed by atoms with van der Waals surface area (Å²) in [5.41, 5.74) is 0.950. The molecule has 1 unspecified atom stereocenters. The highest BCUT2D eigenvalue weighted by Gasteiger charge is 2.27. The second-order valence-corrected chi connectivity index (χ2v) is 6.92. The standard InChI is InChI=1S/C14H23N3OS/c1-16-8-6-10(7-9-16)17(2)14-15-13-11(18)4-3-5-12(13)19-14/h10-11,18H,3-9H2,1-2H3. The summed E-state index contributed by atoms with van der Waals surface area (Å²) in [6.45, 7) is 2.34. The minimum absolute atomic E-state index is 0.334. The van der Waals surface area contributed by atoms with Gasteiger partial charge in [-0.2, -0.15) is 0 Å². The van der Waals surface area contributed by atoms with Gasteiger partial charge in [0.1, 0.15) is 0 Å². The highest BCUT2D eigenvalue weighted by atomic mass is 32.1.